The number of aliphatic hydroxyl groups is 1. The van der Waals surface area contributed by atoms with E-state index in [-0.39, 0.29) is 0 Å². The number of anilines is 1. The van der Waals surface area contributed by atoms with Crippen molar-refractivity contribution in [1.29, 1.82) is 0 Å². The first kappa shape index (κ1) is 12.0. The Balaban J connectivity index is 1.65. The van der Waals surface area contributed by atoms with Crippen molar-refractivity contribution >= 4 is 5.69 Å². The normalized spacial score (nSPS) is 20.7. The molecule has 1 saturated heterocycles. The molecule has 98 valence electrons. The molecule has 0 atom stereocenters. The van der Waals surface area contributed by atoms with E-state index in [1.807, 2.05) is 0 Å². The highest BCUT2D eigenvalue weighted by Gasteiger charge is 2.20. The molecule has 2 heterocycles. The van der Waals surface area contributed by atoms with Gasteiger partial charge in [-0.1, -0.05) is 18.2 Å². The smallest absolute Gasteiger partial charge is 0.0460 e. The lowest BCUT2D eigenvalue weighted by Gasteiger charge is -2.31. The lowest BCUT2D eigenvalue weighted by Crippen LogP contribution is -2.34. The molecule has 18 heavy (non-hydrogen) atoms. The number of nitrogens with one attached hydrogen (secondary N) is 1. The Kier molecular flexibility index (Phi) is 3.52. The van der Waals surface area contributed by atoms with Gasteiger partial charge in [0.05, 0.1) is 0 Å². The third kappa shape index (κ3) is 2.38. The third-order valence-electron chi connectivity index (χ3n) is 4.29. The molecule has 3 rings (SSSR count). The van der Waals surface area contributed by atoms with Crippen LogP contribution in [-0.2, 0) is 13.0 Å². The zero-order valence-electron chi connectivity index (χ0n) is 10.9. The molecule has 0 saturated carbocycles. The van der Waals surface area contributed by atoms with Gasteiger partial charge in [0.1, 0.15) is 0 Å². The standard InChI is InChI=1S/C15H22N2O/c18-11-12-5-8-17(9-6-12)10-14-3-1-2-13-4-7-16-15(13)14/h1-3,12,16,18H,4-11H2. The van der Waals surface area contributed by atoms with Crippen molar-refractivity contribution in [3.05, 3.63) is 29.3 Å². The van der Waals surface area contributed by atoms with Gasteiger partial charge in [0, 0.05) is 25.4 Å². The number of piperidine rings is 1. The monoisotopic (exact) mass is 246 g/mol. The summed E-state index contributed by atoms with van der Waals surface area (Å²) in [5.41, 5.74) is 4.28. The molecule has 0 aromatic heterocycles. The highest BCUT2D eigenvalue weighted by molar-refractivity contribution is 5.61. The summed E-state index contributed by atoms with van der Waals surface area (Å²) in [5, 5.41) is 12.7. The zero-order chi connectivity index (χ0) is 12.4. The third-order valence-corrected chi connectivity index (χ3v) is 4.29. The van der Waals surface area contributed by atoms with Gasteiger partial charge >= 0.3 is 0 Å². The first-order chi connectivity index (χ1) is 8.86. The lowest BCUT2D eigenvalue weighted by atomic mass is 9.97. The number of benzene rings is 1. The van der Waals surface area contributed by atoms with Gasteiger partial charge < -0.3 is 10.4 Å². The SMILES string of the molecule is OCC1CCN(Cc2cccc3c2NCC3)CC1. The van der Waals surface area contributed by atoms with Crippen LogP contribution in [0.3, 0.4) is 0 Å². The summed E-state index contributed by atoms with van der Waals surface area (Å²) in [5.74, 6) is 0.529. The number of para-hydroxylation sites is 1. The minimum absolute atomic E-state index is 0.357. The first-order valence-corrected chi connectivity index (χ1v) is 7.04. The van der Waals surface area contributed by atoms with Crippen LogP contribution in [0.15, 0.2) is 18.2 Å². The minimum atomic E-state index is 0.357. The Labute approximate surface area is 109 Å². The van der Waals surface area contributed by atoms with E-state index in [2.05, 4.69) is 28.4 Å². The molecule has 2 aliphatic heterocycles. The van der Waals surface area contributed by atoms with Gasteiger partial charge in [-0.2, -0.15) is 0 Å². The summed E-state index contributed by atoms with van der Waals surface area (Å²) in [6.45, 7) is 4.73. The van der Waals surface area contributed by atoms with Gasteiger partial charge in [-0.3, -0.25) is 4.90 Å². The summed E-state index contributed by atoms with van der Waals surface area (Å²) in [6.07, 6.45) is 3.44. The lowest BCUT2D eigenvalue weighted by molar-refractivity contribution is 0.127. The van der Waals surface area contributed by atoms with Crippen LogP contribution in [0.2, 0.25) is 0 Å². The van der Waals surface area contributed by atoms with Gasteiger partial charge in [-0.25, -0.2) is 0 Å². The molecule has 0 bridgehead atoms. The van der Waals surface area contributed by atoms with E-state index in [0.717, 1.165) is 45.4 Å². The van der Waals surface area contributed by atoms with Crippen molar-refractivity contribution in [2.45, 2.75) is 25.8 Å². The molecule has 1 fully saturated rings. The molecule has 0 unspecified atom stereocenters. The van der Waals surface area contributed by atoms with Crippen LogP contribution in [-0.4, -0.2) is 36.2 Å². The summed E-state index contributed by atoms with van der Waals surface area (Å²) >= 11 is 0. The molecule has 3 nitrogen and oxygen atoms in total. The van der Waals surface area contributed by atoms with Crippen molar-refractivity contribution in [1.82, 2.24) is 4.90 Å². The molecular weight excluding hydrogens is 224 g/mol. The second kappa shape index (κ2) is 5.29. The molecule has 2 N–H and O–H groups in total. The van der Waals surface area contributed by atoms with Crippen LogP contribution in [0, 0.1) is 5.92 Å². The van der Waals surface area contributed by atoms with E-state index < -0.39 is 0 Å². The van der Waals surface area contributed by atoms with E-state index in [0.29, 0.717) is 12.5 Å². The molecular formula is C15H22N2O. The van der Waals surface area contributed by atoms with Crippen molar-refractivity contribution in [3.63, 3.8) is 0 Å². The van der Waals surface area contributed by atoms with Crippen LogP contribution in [0.4, 0.5) is 5.69 Å². The fourth-order valence-electron chi connectivity index (χ4n) is 3.11. The second-order valence-corrected chi connectivity index (χ2v) is 5.53. The number of hydrogen-bond acceptors (Lipinski definition) is 3. The van der Waals surface area contributed by atoms with Gasteiger partial charge in [0.15, 0.2) is 0 Å². The highest BCUT2D eigenvalue weighted by atomic mass is 16.3. The topological polar surface area (TPSA) is 35.5 Å². The number of likely N-dealkylation sites (tertiary alicyclic amines) is 1. The number of rotatable bonds is 3. The van der Waals surface area contributed by atoms with Crippen LogP contribution in [0.25, 0.3) is 0 Å². The molecule has 0 amide bonds. The molecule has 0 aliphatic carbocycles. The fraction of sp³-hybridized carbons (Fsp3) is 0.600. The zero-order valence-corrected chi connectivity index (χ0v) is 10.9. The van der Waals surface area contributed by atoms with E-state index in [1.54, 1.807) is 0 Å². The van der Waals surface area contributed by atoms with Gasteiger partial charge in [-0.05, 0) is 49.4 Å². The van der Waals surface area contributed by atoms with E-state index in [1.165, 1.54) is 16.8 Å². The van der Waals surface area contributed by atoms with Crippen LogP contribution in [0.5, 0.6) is 0 Å². The molecule has 3 heteroatoms. The van der Waals surface area contributed by atoms with Crippen molar-refractivity contribution < 1.29 is 5.11 Å². The molecule has 2 aliphatic rings. The Morgan fingerprint density at radius 1 is 1.28 bits per heavy atom. The first-order valence-electron chi connectivity index (χ1n) is 7.04. The summed E-state index contributed by atoms with van der Waals surface area (Å²) in [7, 11) is 0. The summed E-state index contributed by atoms with van der Waals surface area (Å²) in [4.78, 5) is 2.52. The molecule has 1 aromatic rings. The second-order valence-electron chi connectivity index (χ2n) is 5.53. The van der Waals surface area contributed by atoms with Gasteiger partial charge in [0.2, 0.25) is 0 Å². The molecule has 0 radical (unpaired) electrons. The summed E-state index contributed by atoms with van der Waals surface area (Å²) in [6, 6.07) is 6.66. The number of hydrogen-bond donors (Lipinski definition) is 2. The fourth-order valence-corrected chi connectivity index (χ4v) is 3.11. The average molecular weight is 246 g/mol. The highest BCUT2D eigenvalue weighted by Crippen LogP contribution is 2.28. The maximum absolute atomic E-state index is 9.17. The number of aliphatic hydroxyl groups excluding tert-OH is 1. The number of nitrogens with zero attached hydrogens (tertiary/aromatic N) is 1. The number of fused-ring (bicyclic) bond motifs is 1. The predicted molar refractivity (Wildman–Crippen MR) is 73.7 cm³/mol. The average Bonchev–Trinajstić information content (AvgIpc) is 2.89. The van der Waals surface area contributed by atoms with E-state index in [4.69, 9.17) is 5.11 Å². The van der Waals surface area contributed by atoms with Crippen molar-refractivity contribution in [3.8, 4) is 0 Å². The minimum Gasteiger partial charge on any atom is -0.396 e. The maximum atomic E-state index is 9.17. The predicted octanol–water partition coefficient (Wildman–Crippen LogP) is 1.86. The van der Waals surface area contributed by atoms with Crippen molar-refractivity contribution in [2.75, 3.05) is 31.6 Å². The quantitative estimate of drug-likeness (QED) is 0.854. The Bertz CT molecular complexity index is 411. The Morgan fingerprint density at radius 2 is 2.11 bits per heavy atom. The Hall–Kier alpha value is -1.06. The Morgan fingerprint density at radius 3 is 2.89 bits per heavy atom. The van der Waals surface area contributed by atoms with Crippen LogP contribution in [0.1, 0.15) is 24.0 Å². The van der Waals surface area contributed by atoms with Crippen molar-refractivity contribution in [2.24, 2.45) is 5.92 Å². The molecule has 1 aromatic carbocycles. The van der Waals surface area contributed by atoms with Gasteiger partial charge in [-0.15, -0.1) is 0 Å². The summed E-state index contributed by atoms with van der Waals surface area (Å²) < 4.78 is 0. The van der Waals surface area contributed by atoms with Crippen LogP contribution >= 0.6 is 0 Å². The molecule has 0 spiro atoms. The van der Waals surface area contributed by atoms with E-state index in [9.17, 15) is 0 Å². The largest absolute Gasteiger partial charge is 0.396 e. The van der Waals surface area contributed by atoms with E-state index >= 15 is 0 Å². The maximum Gasteiger partial charge on any atom is 0.0460 e. The van der Waals surface area contributed by atoms with Gasteiger partial charge in [0.25, 0.3) is 0 Å². The van der Waals surface area contributed by atoms with Crippen LogP contribution < -0.4 is 5.32 Å².